The molecule has 64 valence electrons. The summed E-state index contributed by atoms with van der Waals surface area (Å²) in [6, 6.07) is 3.12. The molecular weight excluding hydrogens is 154 g/mol. The van der Waals surface area contributed by atoms with Crippen LogP contribution < -0.4 is 0 Å². The Hall–Kier alpha value is -1.38. The molecule has 12 heavy (non-hydrogen) atoms. The molecule has 0 spiro atoms. The molecule has 1 rings (SSSR count). The zero-order valence-electron chi connectivity index (χ0n) is 6.95. The van der Waals surface area contributed by atoms with Gasteiger partial charge in [-0.05, 0) is 18.6 Å². The Morgan fingerprint density at radius 2 is 2.42 bits per heavy atom. The van der Waals surface area contributed by atoms with Crippen molar-refractivity contribution in [1.29, 1.82) is 0 Å². The van der Waals surface area contributed by atoms with Gasteiger partial charge in [-0.3, -0.25) is 4.98 Å². The van der Waals surface area contributed by atoms with Gasteiger partial charge in [0.05, 0.1) is 5.56 Å². The third kappa shape index (κ3) is 2.05. The summed E-state index contributed by atoms with van der Waals surface area (Å²) in [5, 5.41) is 8.65. The van der Waals surface area contributed by atoms with Crippen molar-refractivity contribution in [2.75, 3.05) is 0 Å². The van der Waals surface area contributed by atoms with Crippen molar-refractivity contribution in [2.24, 2.45) is 0 Å². The molecule has 3 heteroatoms. The predicted octanol–water partition coefficient (Wildman–Crippen LogP) is 1.73. The van der Waals surface area contributed by atoms with Crippen LogP contribution in [0.2, 0.25) is 0 Å². The third-order valence-corrected chi connectivity index (χ3v) is 1.57. The van der Waals surface area contributed by atoms with Gasteiger partial charge in [-0.2, -0.15) is 0 Å². The highest BCUT2D eigenvalue weighted by Gasteiger charge is 2.02. The lowest BCUT2D eigenvalue weighted by Gasteiger charge is -1.98. The predicted molar refractivity (Wildman–Crippen MR) is 45.2 cm³/mol. The summed E-state index contributed by atoms with van der Waals surface area (Å²) in [5.41, 5.74) is 1.16. The summed E-state index contributed by atoms with van der Waals surface area (Å²) < 4.78 is 0. The molecule has 0 aromatic carbocycles. The number of hydrogen-bond acceptors (Lipinski definition) is 2. The monoisotopic (exact) mass is 165 g/mol. The van der Waals surface area contributed by atoms with Gasteiger partial charge in [0, 0.05) is 11.9 Å². The highest BCUT2D eigenvalue weighted by atomic mass is 16.4. The number of nitrogens with zero attached hydrogens (tertiary/aromatic N) is 1. The largest absolute Gasteiger partial charge is 0.478 e. The summed E-state index contributed by atoms with van der Waals surface area (Å²) in [4.78, 5) is 14.6. The Bertz CT molecular complexity index is 284. The number of pyridine rings is 1. The van der Waals surface area contributed by atoms with Crippen LogP contribution in [0.3, 0.4) is 0 Å². The SMILES string of the molecule is CCCc1cc(C(=O)O)ccn1. The van der Waals surface area contributed by atoms with Gasteiger partial charge in [0.2, 0.25) is 0 Å². The second kappa shape index (κ2) is 3.85. The Morgan fingerprint density at radius 1 is 1.67 bits per heavy atom. The molecule has 0 bridgehead atoms. The summed E-state index contributed by atoms with van der Waals surface area (Å²) in [7, 11) is 0. The van der Waals surface area contributed by atoms with Gasteiger partial charge in [-0.1, -0.05) is 13.3 Å². The summed E-state index contributed by atoms with van der Waals surface area (Å²) in [5.74, 6) is -0.894. The van der Waals surface area contributed by atoms with Gasteiger partial charge in [-0.15, -0.1) is 0 Å². The summed E-state index contributed by atoms with van der Waals surface area (Å²) in [6.45, 7) is 2.04. The van der Waals surface area contributed by atoms with Gasteiger partial charge >= 0.3 is 5.97 Å². The van der Waals surface area contributed by atoms with Gasteiger partial charge in [0.15, 0.2) is 0 Å². The van der Waals surface area contributed by atoms with E-state index in [1.54, 1.807) is 6.07 Å². The number of aryl methyl sites for hydroxylation is 1. The van der Waals surface area contributed by atoms with Gasteiger partial charge in [-0.25, -0.2) is 4.79 Å². The molecule has 0 aliphatic rings. The van der Waals surface area contributed by atoms with Crippen molar-refractivity contribution in [1.82, 2.24) is 4.98 Å². The van der Waals surface area contributed by atoms with E-state index in [4.69, 9.17) is 5.11 Å². The lowest BCUT2D eigenvalue weighted by Crippen LogP contribution is -1.98. The molecular formula is C9H11NO2. The molecule has 0 fully saturated rings. The van der Waals surface area contributed by atoms with Gasteiger partial charge in [0.1, 0.15) is 0 Å². The maximum atomic E-state index is 10.5. The van der Waals surface area contributed by atoms with Crippen molar-refractivity contribution in [3.8, 4) is 0 Å². The van der Waals surface area contributed by atoms with E-state index >= 15 is 0 Å². The van der Waals surface area contributed by atoms with Crippen LogP contribution in [0.5, 0.6) is 0 Å². The van der Waals surface area contributed by atoms with Crippen LogP contribution in [0, 0.1) is 0 Å². The second-order valence-electron chi connectivity index (χ2n) is 2.59. The highest BCUT2D eigenvalue weighted by Crippen LogP contribution is 2.03. The molecule has 0 saturated heterocycles. The van der Waals surface area contributed by atoms with Crippen molar-refractivity contribution < 1.29 is 9.90 Å². The Balaban J connectivity index is 2.88. The van der Waals surface area contributed by atoms with Crippen LogP contribution >= 0.6 is 0 Å². The minimum atomic E-state index is -0.894. The molecule has 0 saturated carbocycles. The first-order valence-corrected chi connectivity index (χ1v) is 3.92. The smallest absolute Gasteiger partial charge is 0.335 e. The molecule has 0 aliphatic heterocycles. The van der Waals surface area contributed by atoms with Gasteiger partial charge < -0.3 is 5.11 Å². The van der Waals surface area contributed by atoms with E-state index in [2.05, 4.69) is 4.98 Å². The van der Waals surface area contributed by atoms with Crippen LogP contribution in [0.15, 0.2) is 18.3 Å². The second-order valence-corrected chi connectivity index (χ2v) is 2.59. The van der Waals surface area contributed by atoms with Crippen LogP contribution in [0.1, 0.15) is 29.4 Å². The lowest BCUT2D eigenvalue weighted by molar-refractivity contribution is 0.0696. The van der Waals surface area contributed by atoms with Crippen molar-refractivity contribution >= 4 is 5.97 Å². The van der Waals surface area contributed by atoms with Crippen LogP contribution in [-0.4, -0.2) is 16.1 Å². The highest BCUT2D eigenvalue weighted by molar-refractivity contribution is 5.87. The topological polar surface area (TPSA) is 50.2 Å². The fraction of sp³-hybridized carbons (Fsp3) is 0.333. The zero-order valence-corrected chi connectivity index (χ0v) is 6.95. The first-order valence-electron chi connectivity index (χ1n) is 3.92. The normalized spacial score (nSPS) is 9.75. The quantitative estimate of drug-likeness (QED) is 0.742. The number of carboxylic acid groups (broad SMARTS) is 1. The standard InChI is InChI=1S/C9H11NO2/c1-2-3-8-6-7(9(11)12)4-5-10-8/h4-6H,2-3H2,1H3,(H,11,12). The van der Waals surface area contributed by atoms with Crippen LogP contribution in [-0.2, 0) is 6.42 Å². The number of aromatic carboxylic acids is 1. The maximum Gasteiger partial charge on any atom is 0.335 e. The molecule has 1 N–H and O–H groups in total. The molecule has 0 unspecified atom stereocenters. The molecule has 1 aromatic rings. The Kier molecular flexibility index (Phi) is 2.80. The Morgan fingerprint density at radius 3 is 3.00 bits per heavy atom. The minimum Gasteiger partial charge on any atom is -0.478 e. The minimum absolute atomic E-state index is 0.313. The average molecular weight is 165 g/mol. The van der Waals surface area contributed by atoms with E-state index in [-0.39, 0.29) is 0 Å². The van der Waals surface area contributed by atoms with E-state index in [1.807, 2.05) is 6.92 Å². The molecule has 1 heterocycles. The van der Waals surface area contributed by atoms with Crippen molar-refractivity contribution in [3.05, 3.63) is 29.6 Å². The van der Waals surface area contributed by atoms with Crippen LogP contribution in [0.4, 0.5) is 0 Å². The van der Waals surface area contributed by atoms with Crippen molar-refractivity contribution in [2.45, 2.75) is 19.8 Å². The number of hydrogen-bond donors (Lipinski definition) is 1. The fourth-order valence-electron chi connectivity index (χ4n) is 1.00. The van der Waals surface area contributed by atoms with E-state index in [9.17, 15) is 4.79 Å². The molecule has 3 nitrogen and oxygen atoms in total. The number of carboxylic acids is 1. The van der Waals surface area contributed by atoms with Gasteiger partial charge in [0.25, 0.3) is 0 Å². The fourth-order valence-corrected chi connectivity index (χ4v) is 1.00. The first-order chi connectivity index (χ1) is 5.74. The molecule has 0 aliphatic carbocycles. The third-order valence-electron chi connectivity index (χ3n) is 1.57. The van der Waals surface area contributed by atoms with Crippen molar-refractivity contribution in [3.63, 3.8) is 0 Å². The van der Waals surface area contributed by atoms with E-state index < -0.39 is 5.97 Å². The van der Waals surface area contributed by atoms with E-state index in [0.29, 0.717) is 5.56 Å². The number of rotatable bonds is 3. The average Bonchev–Trinajstić information content (AvgIpc) is 2.05. The van der Waals surface area contributed by atoms with E-state index in [0.717, 1.165) is 18.5 Å². The Labute approximate surface area is 71.1 Å². The number of aromatic nitrogens is 1. The zero-order chi connectivity index (χ0) is 8.97. The summed E-state index contributed by atoms with van der Waals surface area (Å²) >= 11 is 0. The molecule has 0 atom stereocenters. The molecule has 0 amide bonds. The van der Waals surface area contributed by atoms with E-state index in [1.165, 1.54) is 12.3 Å². The number of carbonyl (C=O) groups is 1. The lowest BCUT2D eigenvalue weighted by atomic mass is 10.2. The molecule has 0 radical (unpaired) electrons. The summed E-state index contributed by atoms with van der Waals surface area (Å²) in [6.07, 6.45) is 3.35. The maximum absolute atomic E-state index is 10.5. The molecule has 1 aromatic heterocycles. The first kappa shape index (κ1) is 8.71. The van der Waals surface area contributed by atoms with Crippen LogP contribution in [0.25, 0.3) is 0 Å².